The summed E-state index contributed by atoms with van der Waals surface area (Å²) < 4.78 is 62.2. The molecular weight excluding hydrogens is 867 g/mol. The van der Waals surface area contributed by atoms with Crippen molar-refractivity contribution in [1.29, 1.82) is 0 Å². The van der Waals surface area contributed by atoms with Crippen LogP contribution in [0.25, 0.3) is 11.2 Å². The van der Waals surface area contributed by atoms with Gasteiger partial charge in [0.2, 0.25) is 11.8 Å². The summed E-state index contributed by atoms with van der Waals surface area (Å²) in [5, 5.41) is 26.4. The van der Waals surface area contributed by atoms with E-state index in [1.807, 2.05) is 31.2 Å². The van der Waals surface area contributed by atoms with Gasteiger partial charge in [-0.2, -0.15) is 4.31 Å². The molecule has 2 aromatic rings. The number of nitrogens with one attached hydrogen (secondary N) is 2. The highest BCUT2D eigenvalue weighted by Gasteiger charge is 2.50. The topological polar surface area (TPSA) is 364 Å². The normalized spacial score (nSPS) is 21.4. The summed E-state index contributed by atoms with van der Waals surface area (Å²) in [4.78, 5) is 87.8. The van der Waals surface area contributed by atoms with E-state index < -0.39 is 84.6 Å². The summed E-state index contributed by atoms with van der Waals surface area (Å²) >= 11 is 1.10. The number of nitrogens with zero attached hydrogens (tertiary/aromatic N) is 4. The molecule has 1 aliphatic heterocycles. The van der Waals surface area contributed by atoms with E-state index >= 15 is 0 Å². The first-order chi connectivity index (χ1) is 27.6. The fourth-order valence-corrected chi connectivity index (χ4v) is 8.67. The zero-order chi connectivity index (χ0) is 44.0. The monoisotopic (exact) mass is 917 g/mol. The first-order valence-electron chi connectivity index (χ1n) is 17.9. The number of thioether (sulfide) groups is 1. The molecule has 0 spiro atoms. The first-order valence-corrected chi connectivity index (χ1v) is 23.4. The van der Waals surface area contributed by atoms with Crippen LogP contribution in [0.1, 0.15) is 59.1 Å². The number of carbonyl (C=O) groups excluding carboxylic acids is 3. The van der Waals surface area contributed by atoms with Crippen molar-refractivity contribution in [3.8, 4) is 0 Å². The highest BCUT2D eigenvalue weighted by molar-refractivity contribution is 8.13. The fraction of sp³-hybridized carbons (Fsp3) is 0.613. The number of carbonyl (C=O) groups is 3. The van der Waals surface area contributed by atoms with Crippen molar-refractivity contribution in [2.24, 2.45) is 5.41 Å². The number of nitrogens with two attached hydrogens (primary N) is 1. The second-order valence-electron chi connectivity index (χ2n) is 13.4. The van der Waals surface area contributed by atoms with E-state index in [1.165, 1.54) is 13.8 Å². The van der Waals surface area contributed by atoms with Gasteiger partial charge in [0.05, 0.1) is 19.5 Å². The van der Waals surface area contributed by atoms with Gasteiger partial charge < -0.3 is 50.9 Å². The van der Waals surface area contributed by atoms with Crippen LogP contribution in [0, 0.1) is 5.41 Å². The SMILES string of the molecule is CC/C=C/C=C/CCCC(=O)SCCNC(=O)CCNC(=O)C(O)C(C)(C)COP(=O)(O)OP(=O)(O)OCC1OC(n2cnc3c(N)ncnc32)C(O)C1OP(=O)(O)O. The Bertz CT molecular complexity index is 1950. The molecule has 0 aromatic carbocycles. The zero-order valence-electron chi connectivity index (χ0n) is 32.2. The number of aromatic nitrogens is 4. The molecule has 0 radical (unpaired) electrons. The van der Waals surface area contributed by atoms with Gasteiger partial charge in [0.15, 0.2) is 22.8 Å². The molecule has 7 atom stereocenters. The van der Waals surface area contributed by atoms with Crippen molar-refractivity contribution in [3.63, 3.8) is 0 Å². The summed E-state index contributed by atoms with van der Waals surface area (Å²) in [7, 11) is -16.4. The number of amides is 2. The second kappa shape index (κ2) is 22.8. The summed E-state index contributed by atoms with van der Waals surface area (Å²) in [6, 6.07) is 0. The highest BCUT2D eigenvalue weighted by atomic mass is 32.2. The molecule has 0 saturated carbocycles. The molecule has 2 amide bonds. The lowest BCUT2D eigenvalue weighted by Crippen LogP contribution is -2.46. The predicted molar refractivity (Wildman–Crippen MR) is 210 cm³/mol. The third-order valence-corrected chi connectivity index (χ3v) is 12.2. The van der Waals surface area contributed by atoms with Gasteiger partial charge in [-0.25, -0.2) is 28.6 Å². The minimum atomic E-state index is -5.57. The molecular formula is C31H50N7O17P3S. The van der Waals surface area contributed by atoms with Crippen LogP contribution in [0.5, 0.6) is 0 Å². The average Bonchev–Trinajstić information content (AvgIpc) is 3.71. The van der Waals surface area contributed by atoms with Crippen LogP contribution in [0.3, 0.4) is 0 Å². The van der Waals surface area contributed by atoms with Crippen LogP contribution in [-0.2, 0) is 50.7 Å². The number of anilines is 1. The summed E-state index contributed by atoms with van der Waals surface area (Å²) in [5.74, 6) is -1.08. The van der Waals surface area contributed by atoms with E-state index in [0.717, 1.165) is 41.8 Å². The number of imidazole rings is 1. The Labute approximate surface area is 342 Å². The van der Waals surface area contributed by atoms with Gasteiger partial charge in [-0.05, 0) is 19.3 Å². The third kappa shape index (κ3) is 16.8. The number of rotatable bonds is 25. The molecule has 10 N–H and O–H groups in total. The van der Waals surface area contributed by atoms with Crippen molar-refractivity contribution in [1.82, 2.24) is 30.2 Å². The number of nitrogen functional groups attached to an aromatic ring is 1. The molecule has 0 bridgehead atoms. The van der Waals surface area contributed by atoms with E-state index in [2.05, 4.69) is 34.4 Å². The Morgan fingerprint density at radius 3 is 2.42 bits per heavy atom. The van der Waals surface area contributed by atoms with Gasteiger partial charge in [0, 0.05) is 37.1 Å². The average molecular weight is 918 g/mol. The lowest BCUT2D eigenvalue weighted by atomic mass is 9.87. The molecule has 7 unspecified atom stereocenters. The Morgan fingerprint density at radius 1 is 1.03 bits per heavy atom. The number of aliphatic hydroxyl groups is 2. The Hall–Kier alpha value is -2.96. The highest BCUT2D eigenvalue weighted by Crippen LogP contribution is 2.61. The minimum absolute atomic E-state index is 0.00804. The summed E-state index contributed by atoms with van der Waals surface area (Å²) in [5.41, 5.74) is 4.27. The van der Waals surface area contributed by atoms with Crippen LogP contribution >= 0.6 is 35.2 Å². The standard InChI is InChI=1S/C31H50N7O17P3S/c1-4-5-6-7-8-9-10-11-22(40)59-15-14-33-21(39)12-13-34-29(43)26(42)31(2,3)17-52-58(49,50)55-57(47,48)51-16-20-25(54-56(44,45)46)24(41)30(53-20)38-19-37-23-27(32)35-18-36-28(23)38/h5-8,18-20,24-26,30,41-42H,4,9-17H2,1-3H3,(H,33,39)(H,34,43)(H,47,48)(H,49,50)(H2,32,35,36)(H2,44,45,46)/b6-5+,8-7+. The van der Waals surface area contributed by atoms with Crippen LogP contribution in [-0.4, -0.2) is 123 Å². The summed E-state index contributed by atoms with van der Waals surface area (Å²) in [6.07, 6.45) is 3.84. The fourth-order valence-electron chi connectivity index (χ4n) is 5.12. The Morgan fingerprint density at radius 2 is 1.73 bits per heavy atom. The smallest absolute Gasteiger partial charge is 0.386 e. The van der Waals surface area contributed by atoms with E-state index in [4.69, 9.17) is 19.5 Å². The minimum Gasteiger partial charge on any atom is -0.386 e. The number of ether oxygens (including phenoxy) is 1. The molecule has 0 aliphatic carbocycles. The maximum atomic E-state index is 12.7. The molecule has 2 aromatic heterocycles. The number of fused-ring (bicyclic) bond motifs is 1. The van der Waals surface area contributed by atoms with Crippen molar-refractivity contribution in [2.75, 3.05) is 37.8 Å². The molecule has 332 valence electrons. The van der Waals surface area contributed by atoms with Gasteiger partial charge in [0.1, 0.15) is 36.3 Å². The van der Waals surface area contributed by atoms with Crippen molar-refractivity contribution < 1.29 is 80.5 Å². The molecule has 3 heterocycles. The number of hydrogen-bond acceptors (Lipinski definition) is 18. The Kier molecular flexibility index (Phi) is 19.4. The van der Waals surface area contributed by atoms with E-state index in [9.17, 15) is 57.9 Å². The maximum Gasteiger partial charge on any atom is 0.481 e. The van der Waals surface area contributed by atoms with Gasteiger partial charge in [-0.15, -0.1) is 0 Å². The third-order valence-electron chi connectivity index (χ3n) is 8.14. The van der Waals surface area contributed by atoms with Gasteiger partial charge in [-0.3, -0.25) is 32.5 Å². The number of phosphoric ester groups is 3. The van der Waals surface area contributed by atoms with E-state index in [1.54, 1.807) is 0 Å². The number of allylic oxidation sites excluding steroid dienone is 4. The van der Waals surface area contributed by atoms with Gasteiger partial charge >= 0.3 is 23.5 Å². The van der Waals surface area contributed by atoms with E-state index in [0.29, 0.717) is 18.6 Å². The quantitative estimate of drug-likeness (QED) is 0.0385. The van der Waals surface area contributed by atoms with Crippen LogP contribution in [0.4, 0.5) is 5.82 Å². The van der Waals surface area contributed by atoms with Gasteiger partial charge in [-0.1, -0.05) is 56.8 Å². The molecule has 1 saturated heterocycles. The van der Waals surface area contributed by atoms with E-state index in [-0.39, 0.29) is 41.6 Å². The van der Waals surface area contributed by atoms with Crippen LogP contribution in [0.2, 0.25) is 0 Å². The lowest BCUT2D eigenvalue weighted by molar-refractivity contribution is -0.137. The van der Waals surface area contributed by atoms with Crippen molar-refractivity contribution >= 4 is 69.1 Å². The number of unbranched alkanes of at least 4 members (excludes halogenated alkanes) is 1. The zero-order valence-corrected chi connectivity index (χ0v) is 35.7. The van der Waals surface area contributed by atoms with Crippen LogP contribution < -0.4 is 16.4 Å². The lowest BCUT2D eigenvalue weighted by Gasteiger charge is -2.30. The molecule has 1 fully saturated rings. The maximum absolute atomic E-state index is 12.7. The molecule has 3 rings (SSSR count). The number of hydrogen-bond donors (Lipinski definition) is 9. The number of aliphatic hydroxyl groups excluding tert-OH is 2. The summed E-state index contributed by atoms with van der Waals surface area (Å²) in [6.45, 7) is 2.55. The first kappa shape index (κ1) is 50.4. The van der Waals surface area contributed by atoms with Crippen molar-refractivity contribution in [2.45, 2.75) is 83.5 Å². The van der Waals surface area contributed by atoms with Gasteiger partial charge in [0.25, 0.3) is 0 Å². The molecule has 28 heteroatoms. The molecule has 59 heavy (non-hydrogen) atoms. The second-order valence-corrected chi connectivity index (χ2v) is 18.8. The largest absolute Gasteiger partial charge is 0.481 e. The molecule has 1 aliphatic rings. The molecule has 24 nitrogen and oxygen atoms in total. The Balaban J connectivity index is 1.43. The predicted octanol–water partition coefficient (Wildman–Crippen LogP) is 1.36. The number of phosphoric acid groups is 3. The van der Waals surface area contributed by atoms with Crippen LogP contribution in [0.15, 0.2) is 37.0 Å². The van der Waals surface area contributed by atoms with Crippen molar-refractivity contribution in [3.05, 3.63) is 37.0 Å².